The van der Waals surface area contributed by atoms with Gasteiger partial charge < -0.3 is 10.6 Å². The molecule has 0 aliphatic rings. The van der Waals surface area contributed by atoms with Gasteiger partial charge in [-0.05, 0) is 24.6 Å². The number of carbonyl (C=O) groups is 2. The smallest absolute Gasteiger partial charge is 0.273 e. The molecule has 0 unspecified atom stereocenters. The molecule has 1 atom stereocenters. The van der Waals surface area contributed by atoms with Crippen LogP contribution in [0.5, 0.6) is 0 Å². The number of pyridine rings is 1. The van der Waals surface area contributed by atoms with Crippen LogP contribution in [-0.2, 0) is 0 Å². The molecule has 2 N–H and O–H groups in total. The molecule has 0 fully saturated rings. The van der Waals surface area contributed by atoms with Crippen molar-refractivity contribution in [2.75, 3.05) is 12.4 Å². The first-order chi connectivity index (χ1) is 12.6. The van der Waals surface area contributed by atoms with Crippen LogP contribution in [0.1, 0.15) is 39.5 Å². The van der Waals surface area contributed by atoms with Crippen molar-refractivity contribution in [3.63, 3.8) is 0 Å². The standard InChI is InChI=1S/C19H19N5O2/c1-13(14-6-4-3-5-7-14)24-17(12-16(23-24)18(25)20-2)19(26)22-15-8-10-21-11-9-15/h3-13H,1-2H3,(H,20,25)(H,21,22,26)/t13-/m0/s1. The maximum absolute atomic E-state index is 12.8. The van der Waals surface area contributed by atoms with E-state index in [4.69, 9.17) is 0 Å². The third-order valence-electron chi connectivity index (χ3n) is 4.02. The normalized spacial score (nSPS) is 11.6. The lowest BCUT2D eigenvalue weighted by Gasteiger charge is -2.16. The number of hydrogen-bond acceptors (Lipinski definition) is 4. The van der Waals surface area contributed by atoms with Crippen molar-refractivity contribution in [2.24, 2.45) is 0 Å². The maximum Gasteiger partial charge on any atom is 0.273 e. The molecular weight excluding hydrogens is 330 g/mol. The number of anilines is 1. The zero-order valence-electron chi connectivity index (χ0n) is 14.5. The quantitative estimate of drug-likeness (QED) is 0.741. The number of nitrogens with one attached hydrogen (secondary N) is 2. The van der Waals surface area contributed by atoms with Gasteiger partial charge in [-0.25, -0.2) is 0 Å². The van der Waals surface area contributed by atoms with Crippen LogP contribution >= 0.6 is 0 Å². The van der Waals surface area contributed by atoms with Gasteiger partial charge in [0.05, 0.1) is 6.04 Å². The number of benzene rings is 1. The van der Waals surface area contributed by atoms with Crippen molar-refractivity contribution in [3.8, 4) is 0 Å². The largest absolute Gasteiger partial charge is 0.354 e. The zero-order chi connectivity index (χ0) is 18.5. The molecule has 2 heterocycles. The van der Waals surface area contributed by atoms with E-state index in [0.29, 0.717) is 11.4 Å². The number of amides is 2. The zero-order valence-corrected chi connectivity index (χ0v) is 14.5. The summed E-state index contributed by atoms with van der Waals surface area (Å²) in [5, 5.41) is 9.69. The second-order valence-corrected chi connectivity index (χ2v) is 5.72. The van der Waals surface area contributed by atoms with Crippen LogP contribution in [0.2, 0.25) is 0 Å². The average molecular weight is 349 g/mol. The van der Waals surface area contributed by atoms with Gasteiger partial charge in [-0.1, -0.05) is 30.3 Å². The molecule has 132 valence electrons. The van der Waals surface area contributed by atoms with Gasteiger partial charge >= 0.3 is 0 Å². The van der Waals surface area contributed by atoms with Gasteiger partial charge in [0.1, 0.15) is 5.69 Å². The highest BCUT2D eigenvalue weighted by Crippen LogP contribution is 2.21. The monoisotopic (exact) mass is 349 g/mol. The van der Waals surface area contributed by atoms with E-state index >= 15 is 0 Å². The predicted molar refractivity (Wildman–Crippen MR) is 98.1 cm³/mol. The Kier molecular flexibility index (Phi) is 5.07. The van der Waals surface area contributed by atoms with E-state index in [9.17, 15) is 9.59 Å². The fourth-order valence-electron chi connectivity index (χ4n) is 2.60. The number of hydrogen-bond donors (Lipinski definition) is 2. The molecule has 2 amide bonds. The third kappa shape index (κ3) is 3.61. The molecule has 3 rings (SSSR count). The molecule has 2 aromatic heterocycles. The first kappa shape index (κ1) is 17.3. The second-order valence-electron chi connectivity index (χ2n) is 5.72. The first-order valence-electron chi connectivity index (χ1n) is 8.18. The van der Waals surface area contributed by atoms with Crippen LogP contribution in [0.15, 0.2) is 60.9 Å². The molecule has 0 bridgehead atoms. The molecule has 0 saturated heterocycles. The summed E-state index contributed by atoms with van der Waals surface area (Å²) in [6, 6.07) is 14.3. The van der Waals surface area contributed by atoms with Crippen molar-refractivity contribution in [1.82, 2.24) is 20.1 Å². The van der Waals surface area contributed by atoms with Crippen molar-refractivity contribution in [1.29, 1.82) is 0 Å². The van der Waals surface area contributed by atoms with Gasteiger partial charge in [0.25, 0.3) is 11.8 Å². The predicted octanol–water partition coefficient (Wildman–Crippen LogP) is 2.50. The minimum absolute atomic E-state index is 0.190. The molecule has 0 aliphatic carbocycles. The van der Waals surface area contributed by atoms with Crippen LogP contribution in [0.25, 0.3) is 0 Å². The van der Waals surface area contributed by atoms with Crippen molar-refractivity contribution >= 4 is 17.5 Å². The van der Waals surface area contributed by atoms with Crippen LogP contribution in [0, 0.1) is 0 Å². The second kappa shape index (κ2) is 7.60. The van der Waals surface area contributed by atoms with Crippen LogP contribution in [-0.4, -0.2) is 33.6 Å². The van der Waals surface area contributed by atoms with Crippen molar-refractivity contribution in [3.05, 3.63) is 77.9 Å². The topological polar surface area (TPSA) is 88.9 Å². The minimum Gasteiger partial charge on any atom is -0.354 e. The molecule has 26 heavy (non-hydrogen) atoms. The lowest BCUT2D eigenvalue weighted by Crippen LogP contribution is -2.21. The van der Waals surface area contributed by atoms with Gasteiger partial charge in [0, 0.05) is 31.2 Å². The Hall–Kier alpha value is -3.48. The Labute approximate surface area is 151 Å². The lowest BCUT2D eigenvalue weighted by molar-refractivity contribution is 0.0956. The van der Waals surface area contributed by atoms with Gasteiger partial charge in [0.2, 0.25) is 0 Å². The molecule has 0 spiro atoms. The minimum atomic E-state index is -0.346. The van der Waals surface area contributed by atoms with E-state index in [1.165, 1.54) is 13.1 Å². The van der Waals surface area contributed by atoms with Gasteiger partial charge in [0.15, 0.2) is 5.69 Å². The van der Waals surface area contributed by atoms with Crippen LogP contribution in [0.3, 0.4) is 0 Å². The van der Waals surface area contributed by atoms with E-state index in [1.807, 2.05) is 37.3 Å². The molecular formula is C19H19N5O2. The fraction of sp³-hybridized carbons (Fsp3) is 0.158. The van der Waals surface area contributed by atoms with Gasteiger partial charge in [-0.15, -0.1) is 0 Å². The van der Waals surface area contributed by atoms with Gasteiger partial charge in [-0.2, -0.15) is 5.10 Å². The molecule has 7 nitrogen and oxygen atoms in total. The lowest BCUT2D eigenvalue weighted by atomic mass is 10.1. The van der Waals surface area contributed by atoms with Gasteiger partial charge in [-0.3, -0.25) is 19.3 Å². The van der Waals surface area contributed by atoms with E-state index in [2.05, 4.69) is 20.7 Å². The Balaban J connectivity index is 1.98. The number of carbonyl (C=O) groups excluding carboxylic acids is 2. The number of rotatable bonds is 5. The van der Waals surface area contributed by atoms with E-state index in [1.54, 1.807) is 29.2 Å². The SMILES string of the molecule is CNC(=O)c1cc(C(=O)Nc2ccncc2)n([C@@H](C)c2ccccc2)n1. The summed E-state index contributed by atoms with van der Waals surface area (Å²) in [6.07, 6.45) is 3.19. The first-order valence-corrected chi connectivity index (χ1v) is 8.18. The van der Waals surface area contributed by atoms with Crippen LogP contribution < -0.4 is 10.6 Å². The summed E-state index contributed by atoms with van der Waals surface area (Å²) >= 11 is 0. The summed E-state index contributed by atoms with van der Waals surface area (Å²) in [5.41, 5.74) is 2.09. The molecule has 0 aliphatic heterocycles. The van der Waals surface area contributed by atoms with E-state index in [-0.39, 0.29) is 23.6 Å². The summed E-state index contributed by atoms with van der Waals surface area (Å²) in [4.78, 5) is 28.7. The van der Waals surface area contributed by atoms with E-state index < -0.39 is 0 Å². The molecule has 0 saturated carbocycles. The summed E-state index contributed by atoms with van der Waals surface area (Å²) < 4.78 is 1.57. The Morgan fingerprint density at radius 3 is 2.38 bits per heavy atom. The Morgan fingerprint density at radius 2 is 1.73 bits per heavy atom. The Bertz CT molecular complexity index is 906. The third-order valence-corrected chi connectivity index (χ3v) is 4.02. The van der Waals surface area contributed by atoms with Crippen molar-refractivity contribution < 1.29 is 9.59 Å². The van der Waals surface area contributed by atoms with Crippen LogP contribution in [0.4, 0.5) is 5.69 Å². The summed E-state index contributed by atoms with van der Waals surface area (Å²) in [5.74, 6) is -0.691. The fourth-order valence-corrected chi connectivity index (χ4v) is 2.60. The summed E-state index contributed by atoms with van der Waals surface area (Å²) in [6.45, 7) is 1.93. The molecule has 3 aromatic rings. The average Bonchev–Trinajstić information content (AvgIpc) is 3.14. The highest BCUT2D eigenvalue weighted by atomic mass is 16.2. The molecule has 1 aromatic carbocycles. The van der Waals surface area contributed by atoms with E-state index in [0.717, 1.165) is 5.56 Å². The Morgan fingerprint density at radius 1 is 1.04 bits per heavy atom. The summed E-state index contributed by atoms with van der Waals surface area (Å²) in [7, 11) is 1.53. The highest BCUT2D eigenvalue weighted by molar-refractivity contribution is 6.04. The van der Waals surface area contributed by atoms with Crippen molar-refractivity contribution in [2.45, 2.75) is 13.0 Å². The molecule has 7 heteroatoms. The molecule has 0 radical (unpaired) electrons. The number of aromatic nitrogens is 3. The number of nitrogens with zero attached hydrogens (tertiary/aromatic N) is 3. The highest BCUT2D eigenvalue weighted by Gasteiger charge is 2.22. The maximum atomic E-state index is 12.8.